The zero-order valence-corrected chi connectivity index (χ0v) is 16.0. The molecule has 4 heterocycles. The fourth-order valence-corrected chi connectivity index (χ4v) is 5.07. The number of carbonyl (C=O) groups is 1. The molecule has 2 saturated heterocycles. The number of nitrogens with zero attached hydrogens (tertiary/aromatic N) is 4. The van der Waals surface area contributed by atoms with E-state index in [9.17, 15) is 10.1 Å². The SMILES string of the molecule is N#Cc1cccnc1N1[C@@H]2CC[C@H]1CC(Nc1c(C(N)=O)cnc3c1C=CC3)C2. The molecule has 0 saturated carbocycles. The standard InChI is InChI=1S/C22H22N6O/c23-11-13-3-2-8-25-22(13)28-15-6-7-16(28)10-14(9-15)27-20-17-4-1-5-19(17)26-12-18(20)21(24)29/h1-4,8,12,14-16H,5-7,9-10H2,(H2,24,29)(H,26,27)/t14?,15-,16+. The lowest BCUT2D eigenvalue weighted by molar-refractivity contribution is 0.100. The average Bonchev–Trinajstić information content (AvgIpc) is 3.30. The zero-order chi connectivity index (χ0) is 20.0. The number of hydrogen-bond acceptors (Lipinski definition) is 6. The molecule has 3 N–H and O–H groups in total. The maximum atomic E-state index is 12.0. The molecule has 1 aliphatic carbocycles. The summed E-state index contributed by atoms with van der Waals surface area (Å²) < 4.78 is 0. The topological polar surface area (TPSA) is 108 Å². The summed E-state index contributed by atoms with van der Waals surface area (Å²) in [5, 5.41) is 13.1. The molecule has 2 bridgehead atoms. The van der Waals surface area contributed by atoms with Gasteiger partial charge in [-0.05, 0) is 37.8 Å². The molecule has 3 aliphatic rings. The first-order valence-corrected chi connectivity index (χ1v) is 10.0. The summed E-state index contributed by atoms with van der Waals surface area (Å²) in [6.07, 6.45) is 12.2. The third kappa shape index (κ3) is 2.92. The van der Waals surface area contributed by atoms with Gasteiger partial charge in [-0.1, -0.05) is 12.2 Å². The van der Waals surface area contributed by atoms with Crippen molar-refractivity contribution in [3.05, 3.63) is 53.0 Å². The molecule has 7 heteroatoms. The van der Waals surface area contributed by atoms with Crippen molar-refractivity contribution in [1.29, 1.82) is 5.26 Å². The van der Waals surface area contributed by atoms with E-state index in [1.807, 2.05) is 12.1 Å². The van der Waals surface area contributed by atoms with Gasteiger partial charge in [0.25, 0.3) is 5.91 Å². The number of fused-ring (bicyclic) bond motifs is 3. The molecule has 0 spiro atoms. The van der Waals surface area contributed by atoms with Crippen LogP contribution in [0.15, 0.2) is 30.6 Å². The van der Waals surface area contributed by atoms with Gasteiger partial charge in [-0.25, -0.2) is 4.98 Å². The number of piperidine rings is 1. The van der Waals surface area contributed by atoms with Crippen LogP contribution in [0.2, 0.25) is 0 Å². The van der Waals surface area contributed by atoms with Gasteiger partial charge in [0.05, 0.1) is 22.5 Å². The van der Waals surface area contributed by atoms with Gasteiger partial charge in [-0.2, -0.15) is 5.26 Å². The van der Waals surface area contributed by atoms with Gasteiger partial charge in [0.15, 0.2) is 0 Å². The minimum absolute atomic E-state index is 0.233. The number of anilines is 2. The number of nitriles is 1. The third-order valence-corrected chi connectivity index (χ3v) is 6.29. The second-order valence-corrected chi connectivity index (χ2v) is 7.97. The number of rotatable bonds is 4. The van der Waals surface area contributed by atoms with Crippen LogP contribution in [-0.2, 0) is 6.42 Å². The molecule has 2 aromatic heterocycles. The predicted molar refractivity (Wildman–Crippen MR) is 110 cm³/mol. The highest BCUT2D eigenvalue weighted by atomic mass is 16.1. The molecule has 2 aliphatic heterocycles. The molecule has 5 rings (SSSR count). The maximum absolute atomic E-state index is 12.0. The van der Waals surface area contributed by atoms with E-state index >= 15 is 0 Å². The van der Waals surface area contributed by atoms with Crippen LogP contribution in [0.1, 0.15) is 52.9 Å². The van der Waals surface area contributed by atoms with Crippen LogP contribution in [0.5, 0.6) is 0 Å². The summed E-state index contributed by atoms with van der Waals surface area (Å²) in [4.78, 5) is 23.2. The molecular weight excluding hydrogens is 364 g/mol. The number of carbonyl (C=O) groups excluding carboxylic acids is 1. The van der Waals surface area contributed by atoms with Crippen LogP contribution in [0, 0.1) is 11.3 Å². The smallest absolute Gasteiger partial charge is 0.252 e. The van der Waals surface area contributed by atoms with E-state index in [1.54, 1.807) is 18.5 Å². The second kappa shape index (κ2) is 6.89. The number of amides is 1. The Labute approximate surface area is 169 Å². The van der Waals surface area contributed by atoms with Gasteiger partial charge in [-0.15, -0.1) is 0 Å². The number of hydrogen-bond donors (Lipinski definition) is 2. The van der Waals surface area contributed by atoms with Crippen molar-refractivity contribution < 1.29 is 4.79 Å². The minimum Gasteiger partial charge on any atom is -0.381 e. The molecule has 2 fully saturated rings. The van der Waals surface area contributed by atoms with Crippen LogP contribution >= 0.6 is 0 Å². The number of allylic oxidation sites excluding steroid dienone is 1. The molecule has 1 amide bonds. The average molecular weight is 386 g/mol. The van der Waals surface area contributed by atoms with E-state index in [2.05, 4.69) is 32.3 Å². The van der Waals surface area contributed by atoms with Gasteiger partial charge in [0.1, 0.15) is 11.9 Å². The van der Waals surface area contributed by atoms with Gasteiger partial charge >= 0.3 is 0 Å². The fraction of sp³-hybridized carbons (Fsp3) is 0.364. The lowest BCUT2D eigenvalue weighted by Gasteiger charge is -2.41. The Morgan fingerprint density at radius 3 is 2.79 bits per heavy atom. The number of nitrogens with two attached hydrogens (primary N) is 1. The Balaban J connectivity index is 1.42. The highest BCUT2D eigenvalue weighted by Gasteiger charge is 2.42. The molecule has 7 nitrogen and oxygen atoms in total. The molecule has 3 atom stereocenters. The van der Waals surface area contributed by atoms with Crippen LogP contribution in [-0.4, -0.2) is 34.0 Å². The summed E-state index contributed by atoms with van der Waals surface area (Å²) in [7, 11) is 0. The molecule has 0 radical (unpaired) electrons. The highest BCUT2D eigenvalue weighted by Crippen LogP contribution is 2.41. The number of pyridine rings is 2. The first-order valence-electron chi connectivity index (χ1n) is 10.0. The van der Waals surface area contributed by atoms with Crippen LogP contribution in [0.4, 0.5) is 11.5 Å². The van der Waals surface area contributed by atoms with E-state index in [-0.39, 0.29) is 6.04 Å². The Morgan fingerprint density at radius 2 is 2.07 bits per heavy atom. The van der Waals surface area contributed by atoms with E-state index in [0.29, 0.717) is 23.2 Å². The fourth-order valence-electron chi connectivity index (χ4n) is 5.07. The number of nitrogens with one attached hydrogen (secondary N) is 1. The Bertz CT molecular complexity index is 1040. The Kier molecular flexibility index (Phi) is 4.20. The Hall–Kier alpha value is -3.40. The maximum Gasteiger partial charge on any atom is 0.252 e. The summed E-state index contributed by atoms with van der Waals surface area (Å²) >= 11 is 0. The van der Waals surface area contributed by atoms with Crippen LogP contribution in [0.25, 0.3) is 6.08 Å². The number of aromatic nitrogens is 2. The summed E-state index contributed by atoms with van der Waals surface area (Å²) in [6.45, 7) is 0. The van der Waals surface area contributed by atoms with Crippen molar-refractivity contribution in [3.63, 3.8) is 0 Å². The molecule has 2 aromatic rings. The van der Waals surface area contributed by atoms with Gasteiger partial charge in [-0.3, -0.25) is 9.78 Å². The monoisotopic (exact) mass is 386 g/mol. The first-order chi connectivity index (χ1) is 14.2. The summed E-state index contributed by atoms with van der Waals surface area (Å²) in [6, 6.07) is 6.80. The highest BCUT2D eigenvalue weighted by molar-refractivity contribution is 6.00. The lowest BCUT2D eigenvalue weighted by Crippen LogP contribution is -2.48. The molecular formula is C22H22N6O. The predicted octanol–water partition coefficient (Wildman–Crippen LogP) is 2.63. The minimum atomic E-state index is -0.462. The summed E-state index contributed by atoms with van der Waals surface area (Å²) in [5.74, 6) is 0.335. The van der Waals surface area contributed by atoms with E-state index in [4.69, 9.17) is 5.73 Å². The molecule has 1 unspecified atom stereocenters. The van der Waals surface area contributed by atoms with E-state index < -0.39 is 5.91 Å². The van der Waals surface area contributed by atoms with Crippen molar-refractivity contribution in [2.45, 2.75) is 50.2 Å². The van der Waals surface area contributed by atoms with E-state index in [1.165, 1.54) is 0 Å². The van der Waals surface area contributed by atoms with Crippen molar-refractivity contribution in [3.8, 4) is 6.07 Å². The number of primary amides is 1. The molecule has 29 heavy (non-hydrogen) atoms. The largest absolute Gasteiger partial charge is 0.381 e. The van der Waals surface area contributed by atoms with Crippen molar-refractivity contribution in [2.24, 2.45) is 5.73 Å². The normalized spacial score (nSPS) is 24.2. The van der Waals surface area contributed by atoms with Gasteiger partial charge in [0, 0.05) is 42.5 Å². The van der Waals surface area contributed by atoms with Gasteiger partial charge < -0.3 is 16.0 Å². The van der Waals surface area contributed by atoms with Gasteiger partial charge in [0.2, 0.25) is 0 Å². The molecule has 146 valence electrons. The molecule has 0 aromatic carbocycles. The van der Waals surface area contributed by atoms with Crippen molar-refractivity contribution in [2.75, 3.05) is 10.2 Å². The van der Waals surface area contributed by atoms with Crippen molar-refractivity contribution >= 4 is 23.5 Å². The Morgan fingerprint density at radius 1 is 1.28 bits per heavy atom. The van der Waals surface area contributed by atoms with Crippen molar-refractivity contribution in [1.82, 2.24) is 9.97 Å². The quantitative estimate of drug-likeness (QED) is 0.836. The first kappa shape index (κ1) is 17.7. The summed E-state index contributed by atoms with van der Waals surface area (Å²) in [5.41, 5.74) is 9.46. The van der Waals surface area contributed by atoms with E-state index in [0.717, 1.165) is 54.9 Å². The second-order valence-electron chi connectivity index (χ2n) is 7.97. The van der Waals surface area contributed by atoms with Crippen LogP contribution < -0.4 is 16.0 Å². The lowest BCUT2D eigenvalue weighted by atomic mass is 9.95. The van der Waals surface area contributed by atoms with Crippen LogP contribution in [0.3, 0.4) is 0 Å². The zero-order valence-electron chi connectivity index (χ0n) is 16.0. The third-order valence-electron chi connectivity index (χ3n) is 6.29.